The highest BCUT2D eigenvalue weighted by Crippen LogP contribution is 2.22. The number of allylic oxidation sites excluding steroid dienone is 1. The molecule has 0 aromatic carbocycles. The molecule has 1 aliphatic heterocycles. The van der Waals surface area contributed by atoms with Crippen molar-refractivity contribution in [2.75, 3.05) is 13.2 Å². The van der Waals surface area contributed by atoms with Crippen LogP contribution < -0.4 is 5.73 Å². The Bertz CT molecular complexity index is 477. The fourth-order valence-corrected chi connectivity index (χ4v) is 3.81. The Labute approximate surface area is 193 Å². The van der Waals surface area contributed by atoms with Crippen LogP contribution in [0.2, 0.25) is 0 Å². The van der Waals surface area contributed by atoms with Crippen LogP contribution in [-0.4, -0.2) is 81.6 Å². The van der Waals surface area contributed by atoms with Crippen molar-refractivity contribution in [1.82, 2.24) is 0 Å². The molecule has 8 heteroatoms. The zero-order valence-corrected chi connectivity index (χ0v) is 19.7. The summed E-state index contributed by atoms with van der Waals surface area (Å²) in [5.41, 5.74) is 5.93. The molecule has 0 aromatic rings. The normalized spacial score (nSPS) is 28.3. The second-order valence-electron chi connectivity index (χ2n) is 8.94. The lowest BCUT2D eigenvalue weighted by Gasteiger charge is -2.39. The first kappa shape index (κ1) is 29.5. The summed E-state index contributed by atoms with van der Waals surface area (Å²) in [4.78, 5) is 0. The SMILES string of the molecule is CCCCCCCCCCCCC/C=C/[C@@H](O)[C@@H](N)CO[C@@H]1OC(CO)[C@@H](O)[C@H](O)C1O. The fraction of sp³-hybridized carbons (Fsp3) is 0.917. The summed E-state index contributed by atoms with van der Waals surface area (Å²) >= 11 is 0. The molecule has 1 fully saturated rings. The van der Waals surface area contributed by atoms with Crippen LogP contribution in [0.4, 0.5) is 0 Å². The molecular weight excluding hydrogens is 414 g/mol. The quantitative estimate of drug-likeness (QED) is 0.134. The van der Waals surface area contributed by atoms with Crippen LogP contribution in [0.3, 0.4) is 0 Å². The third kappa shape index (κ3) is 11.5. The molecule has 0 aliphatic carbocycles. The lowest BCUT2D eigenvalue weighted by molar-refractivity contribution is -0.302. The minimum atomic E-state index is -1.50. The lowest BCUT2D eigenvalue weighted by Crippen LogP contribution is -2.59. The van der Waals surface area contributed by atoms with E-state index in [0.717, 1.165) is 12.8 Å². The van der Waals surface area contributed by atoms with Crippen LogP contribution in [0.25, 0.3) is 0 Å². The first-order chi connectivity index (χ1) is 15.4. The van der Waals surface area contributed by atoms with Crippen LogP contribution in [0.5, 0.6) is 0 Å². The van der Waals surface area contributed by atoms with Crippen molar-refractivity contribution < 1.29 is 35.0 Å². The molecule has 0 radical (unpaired) electrons. The molecule has 32 heavy (non-hydrogen) atoms. The molecule has 0 spiro atoms. The van der Waals surface area contributed by atoms with E-state index in [1.54, 1.807) is 6.08 Å². The molecule has 7 N–H and O–H groups in total. The number of ether oxygens (including phenoxy) is 2. The summed E-state index contributed by atoms with van der Waals surface area (Å²) in [6.45, 7) is 1.60. The molecule has 0 amide bonds. The van der Waals surface area contributed by atoms with E-state index in [9.17, 15) is 25.5 Å². The molecule has 0 bridgehead atoms. The van der Waals surface area contributed by atoms with E-state index < -0.39 is 49.5 Å². The van der Waals surface area contributed by atoms with E-state index in [0.29, 0.717) is 0 Å². The molecule has 1 aliphatic rings. The lowest BCUT2D eigenvalue weighted by atomic mass is 9.99. The smallest absolute Gasteiger partial charge is 0.186 e. The number of hydrogen-bond acceptors (Lipinski definition) is 8. The minimum absolute atomic E-state index is 0.118. The molecule has 2 unspecified atom stereocenters. The predicted octanol–water partition coefficient (Wildman–Crippen LogP) is 1.75. The van der Waals surface area contributed by atoms with Crippen molar-refractivity contribution in [3.05, 3.63) is 12.2 Å². The summed E-state index contributed by atoms with van der Waals surface area (Å²) in [6.07, 6.45) is 11.1. The number of rotatable bonds is 18. The van der Waals surface area contributed by atoms with Gasteiger partial charge in [-0.25, -0.2) is 0 Å². The Morgan fingerprint density at radius 3 is 2.00 bits per heavy atom. The Balaban J connectivity index is 2.10. The Morgan fingerprint density at radius 2 is 1.44 bits per heavy atom. The van der Waals surface area contributed by atoms with Gasteiger partial charge in [-0.3, -0.25) is 0 Å². The van der Waals surface area contributed by atoms with E-state index in [1.807, 2.05) is 6.08 Å². The number of hydrogen-bond donors (Lipinski definition) is 6. The molecule has 1 saturated heterocycles. The zero-order chi connectivity index (χ0) is 23.8. The monoisotopic (exact) mass is 461 g/mol. The molecule has 1 heterocycles. The van der Waals surface area contributed by atoms with Crippen molar-refractivity contribution in [1.29, 1.82) is 0 Å². The van der Waals surface area contributed by atoms with E-state index in [-0.39, 0.29) is 6.61 Å². The second-order valence-corrected chi connectivity index (χ2v) is 8.94. The minimum Gasteiger partial charge on any atom is -0.394 e. The van der Waals surface area contributed by atoms with Gasteiger partial charge in [0.15, 0.2) is 6.29 Å². The maximum Gasteiger partial charge on any atom is 0.186 e. The van der Waals surface area contributed by atoms with Gasteiger partial charge in [-0.15, -0.1) is 0 Å². The summed E-state index contributed by atoms with van der Waals surface area (Å²) in [6, 6.07) is -0.740. The van der Waals surface area contributed by atoms with Gasteiger partial charge in [0.25, 0.3) is 0 Å². The maximum atomic E-state index is 10.2. The van der Waals surface area contributed by atoms with Crippen LogP contribution >= 0.6 is 0 Å². The van der Waals surface area contributed by atoms with Crippen LogP contribution in [0.15, 0.2) is 12.2 Å². The second kappa shape index (κ2) is 17.8. The molecule has 7 atom stereocenters. The topological polar surface area (TPSA) is 146 Å². The van der Waals surface area contributed by atoms with Gasteiger partial charge < -0.3 is 40.7 Å². The summed E-state index contributed by atoms with van der Waals surface area (Å²) in [7, 11) is 0. The van der Waals surface area contributed by atoms with E-state index in [1.165, 1.54) is 64.2 Å². The van der Waals surface area contributed by atoms with Crippen molar-refractivity contribution in [2.24, 2.45) is 5.73 Å². The van der Waals surface area contributed by atoms with Gasteiger partial charge in [-0.05, 0) is 12.8 Å². The van der Waals surface area contributed by atoms with Gasteiger partial charge in [0, 0.05) is 0 Å². The first-order valence-electron chi connectivity index (χ1n) is 12.4. The van der Waals surface area contributed by atoms with Crippen LogP contribution in [0.1, 0.15) is 84.0 Å². The third-order valence-electron chi connectivity index (χ3n) is 6.05. The fourth-order valence-electron chi connectivity index (χ4n) is 3.81. The molecule has 8 nitrogen and oxygen atoms in total. The average molecular weight is 462 g/mol. The van der Waals surface area contributed by atoms with Gasteiger partial charge >= 0.3 is 0 Å². The van der Waals surface area contributed by atoms with E-state index >= 15 is 0 Å². The average Bonchev–Trinajstić information content (AvgIpc) is 2.79. The van der Waals surface area contributed by atoms with Crippen molar-refractivity contribution >= 4 is 0 Å². The van der Waals surface area contributed by atoms with Crippen molar-refractivity contribution in [2.45, 2.75) is 127 Å². The summed E-state index contributed by atoms with van der Waals surface area (Å²) in [5, 5.41) is 48.8. The Morgan fingerprint density at radius 1 is 0.875 bits per heavy atom. The molecule has 0 saturated carbocycles. The van der Waals surface area contributed by atoms with Gasteiger partial charge in [0.1, 0.15) is 24.4 Å². The van der Waals surface area contributed by atoms with E-state index in [4.69, 9.17) is 15.2 Å². The third-order valence-corrected chi connectivity index (χ3v) is 6.05. The predicted molar refractivity (Wildman–Crippen MR) is 124 cm³/mol. The number of aliphatic hydroxyl groups is 5. The number of nitrogens with two attached hydrogens (primary N) is 1. The molecular formula is C24H47NO7. The van der Waals surface area contributed by atoms with Crippen molar-refractivity contribution in [3.63, 3.8) is 0 Å². The Kier molecular flexibility index (Phi) is 16.4. The zero-order valence-electron chi connectivity index (χ0n) is 19.7. The standard InChI is InChI=1S/C24H47NO7/c1-2-3-4-5-6-7-8-9-10-11-12-13-14-15-19(27)18(25)17-31-24-23(30)22(29)21(28)20(16-26)32-24/h14-15,18-24,26-30H,2-13,16-17,25H2,1H3/b15-14+/t18-,19+,20?,21+,22-,23?,24+/m0/s1. The van der Waals surface area contributed by atoms with Gasteiger partial charge in [0.2, 0.25) is 0 Å². The highest BCUT2D eigenvalue weighted by molar-refractivity contribution is 4.94. The highest BCUT2D eigenvalue weighted by Gasteiger charge is 2.44. The van der Waals surface area contributed by atoms with Gasteiger partial charge in [0.05, 0.1) is 25.4 Å². The van der Waals surface area contributed by atoms with Crippen LogP contribution in [-0.2, 0) is 9.47 Å². The Hall–Kier alpha value is -0.580. The van der Waals surface area contributed by atoms with Gasteiger partial charge in [-0.2, -0.15) is 0 Å². The molecule has 190 valence electrons. The van der Waals surface area contributed by atoms with Crippen molar-refractivity contribution in [3.8, 4) is 0 Å². The summed E-state index contributed by atoms with van der Waals surface area (Å²) < 4.78 is 10.6. The highest BCUT2D eigenvalue weighted by atomic mass is 16.7. The first-order valence-corrected chi connectivity index (χ1v) is 12.4. The maximum absolute atomic E-state index is 10.2. The number of aliphatic hydroxyl groups excluding tert-OH is 5. The van der Waals surface area contributed by atoms with E-state index in [2.05, 4.69) is 6.92 Å². The van der Waals surface area contributed by atoms with Crippen LogP contribution in [0, 0.1) is 0 Å². The molecule has 1 rings (SSSR count). The largest absolute Gasteiger partial charge is 0.394 e. The summed E-state index contributed by atoms with van der Waals surface area (Å²) in [5.74, 6) is 0. The number of unbranched alkanes of at least 4 members (excludes halogenated alkanes) is 11. The molecule has 0 aromatic heterocycles. The van der Waals surface area contributed by atoms with Gasteiger partial charge in [-0.1, -0.05) is 83.3 Å².